The summed E-state index contributed by atoms with van der Waals surface area (Å²) in [5, 5.41) is 13.1. The average molecular weight is 305 g/mol. The molecule has 0 atom stereocenters. The third-order valence-corrected chi connectivity index (χ3v) is 4.49. The number of imidazole rings is 1. The molecule has 0 aliphatic carbocycles. The van der Waals surface area contributed by atoms with Gasteiger partial charge in [0.05, 0.1) is 40.3 Å². The Balaban J connectivity index is 1.97. The molecule has 0 saturated carbocycles. The fourth-order valence-electron chi connectivity index (χ4n) is 2.65. The lowest BCUT2D eigenvalue weighted by molar-refractivity contribution is 0.843. The summed E-state index contributed by atoms with van der Waals surface area (Å²) in [5.74, 6) is 0.946. The second-order valence-corrected chi connectivity index (χ2v) is 6.00. The van der Waals surface area contributed by atoms with Crippen LogP contribution in [0.5, 0.6) is 0 Å². The van der Waals surface area contributed by atoms with Gasteiger partial charge < -0.3 is 4.57 Å². The van der Waals surface area contributed by atoms with E-state index in [2.05, 4.69) is 25.6 Å². The normalized spacial score (nSPS) is 11.1. The van der Waals surface area contributed by atoms with Gasteiger partial charge in [-0.3, -0.25) is 4.98 Å². The zero-order valence-electron chi connectivity index (χ0n) is 11.8. The summed E-state index contributed by atoms with van der Waals surface area (Å²) in [6.45, 7) is 0. The molecule has 0 aliphatic heterocycles. The molecule has 4 rings (SSSR count). The summed E-state index contributed by atoms with van der Waals surface area (Å²) in [6.07, 6.45) is 4.29. The van der Waals surface area contributed by atoms with Gasteiger partial charge in [-0.1, -0.05) is 0 Å². The lowest BCUT2D eigenvalue weighted by Gasteiger charge is -2.03. The van der Waals surface area contributed by atoms with Crippen LogP contribution >= 0.6 is 11.3 Å². The van der Waals surface area contributed by atoms with Crippen molar-refractivity contribution in [1.82, 2.24) is 19.5 Å². The van der Waals surface area contributed by atoms with E-state index in [1.165, 1.54) is 0 Å². The number of hydrogen-bond acceptors (Lipinski definition) is 5. The summed E-state index contributed by atoms with van der Waals surface area (Å²) in [7, 11) is 2.00. The smallest absolute Gasteiger partial charge is 0.116 e. The molecular weight excluding hydrogens is 294 g/mol. The first-order valence-corrected chi connectivity index (χ1v) is 7.67. The number of aromatic nitrogens is 4. The molecule has 6 heteroatoms. The second-order valence-electron chi connectivity index (χ2n) is 5.03. The third-order valence-electron chi connectivity index (χ3n) is 3.71. The largest absolute Gasteiger partial charge is 0.330 e. The molecule has 0 bridgehead atoms. The Morgan fingerprint density at radius 3 is 2.95 bits per heavy atom. The highest BCUT2D eigenvalue weighted by Crippen LogP contribution is 2.26. The van der Waals surface area contributed by atoms with Crippen molar-refractivity contribution in [3.8, 4) is 6.07 Å². The molecule has 4 aromatic rings. The van der Waals surface area contributed by atoms with E-state index in [4.69, 9.17) is 5.26 Å². The molecule has 0 fully saturated rings. The first-order chi connectivity index (χ1) is 10.8. The standard InChI is InChI=1S/C16H11N5S/c1-21-14(7-15-18-4-5-22-15)20-13-9-19-12-3-2-10(8-17)6-11(12)16(13)21/h2-6,9H,7H2,1H3. The highest BCUT2D eigenvalue weighted by Gasteiger charge is 2.13. The van der Waals surface area contributed by atoms with Crippen molar-refractivity contribution in [3.63, 3.8) is 0 Å². The van der Waals surface area contributed by atoms with Crippen LogP contribution in [0.4, 0.5) is 0 Å². The van der Waals surface area contributed by atoms with Gasteiger partial charge in [-0.2, -0.15) is 5.26 Å². The van der Waals surface area contributed by atoms with Gasteiger partial charge in [-0.15, -0.1) is 11.3 Å². The molecule has 0 N–H and O–H groups in total. The molecule has 1 aromatic carbocycles. The van der Waals surface area contributed by atoms with Crippen LogP contribution in [0.2, 0.25) is 0 Å². The van der Waals surface area contributed by atoms with Crippen molar-refractivity contribution in [2.45, 2.75) is 6.42 Å². The minimum absolute atomic E-state index is 0.629. The Labute approximate surface area is 130 Å². The summed E-state index contributed by atoms with van der Waals surface area (Å²) >= 11 is 1.62. The van der Waals surface area contributed by atoms with E-state index in [0.717, 1.165) is 32.8 Å². The number of nitriles is 1. The number of nitrogens with zero attached hydrogens (tertiary/aromatic N) is 5. The number of hydrogen-bond donors (Lipinski definition) is 0. The van der Waals surface area contributed by atoms with E-state index in [9.17, 15) is 0 Å². The van der Waals surface area contributed by atoms with Gasteiger partial charge in [0.25, 0.3) is 0 Å². The monoisotopic (exact) mass is 305 g/mol. The van der Waals surface area contributed by atoms with Crippen molar-refractivity contribution >= 4 is 33.3 Å². The maximum absolute atomic E-state index is 9.12. The zero-order chi connectivity index (χ0) is 15.1. The number of benzene rings is 1. The Bertz CT molecular complexity index is 1020. The van der Waals surface area contributed by atoms with Gasteiger partial charge in [-0.25, -0.2) is 9.97 Å². The molecule has 22 heavy (non-hydrogen) atoms. The van der Waals surface area contributed by atoms with Crippen LogP contribution < -0.4 is 0 Å². The van der Waals surface area contributed by atoms with Gasteiger partial charge in [0.2, 0.25) is 0 Å². The quantitative estimate of drug-likeness (QED) is 0.571. The number of rotatable bonds is 2. The third kappa shape index (κ3) is 1.95. The van der Waals surface area contributed by atoms with E-state index in [1.54, 1.807) is 29.8 Å². The van der Waals surface area contributed by atoms with Crippen LogP contribution in [-0.4, -0.2) is 19.5 Å². The minimum atomic E-state index is 0.629. The highest BCUT2D eigenvalue weighted by molar-refractivity contribution is 7.09. The summed E-state index contributed by atoms with van der Waals surface area (Å²) in [6, 6.07) is 7.72. The van der Waals surface area contributed by atoms with Crippen molar-refractivity contribution in [2.24, 2.45) is 7.05 Å². The van der Waals surface area contributed by atoms with Crippen molar-refractivity contribution < 1.29 is 0 Å². The van der Waals surface area contributed by atoms with E-state index >= 15 is 0 Å². The maximum Gasteiger partial charge on any atom is 0.116 e. The van der Waals surface area contributed by atoms with Crippen LogP contribution in [0.15, 0.2) is 36.0 Å². The lowest BCUT2D eigenvalue weighted by Crippen LogP contribution is -1.99. The highest BCUT2D eigenvalue weighted by atomic mass is 32.1. The topological polar surface area (TPSA) is 67.4 Å². The summed E-state index contributed by atoms with van der Waals surface area (Å²) < 4.78 is 2.07. The average Bonchev–Trinajstić information content (AvgIpc) is 3.16. The number of aryl methyl sites for hydroxylation is 1. The molecule has 0 amide bonds. The van der Waals surface area contributed by atoms with E-state index in [-0.39, 0.29) is 0 Å². The number of thiazole rings is 1. The molecule has 0 aliphatic rings. The van der Waals surface area contributed by atoms with Gasteiger partial charge in [0.1, 0.15) is 11.3 Å². The van der Waals surface area contributed by atoms with Gasteiger partial charge in [0, 0.05) is 24.0 Å². The van der Waals surface area contributed by atoms with Crippen LogP contribution in [0.25, 0.3) is 21.9 Å². The van der Waals surface area contributed by atoms with Crippen LogP contribution in [0.3, 0.4) is 0 Å². The Morgan fingerprint density at radius 1 is 1.27 bits per heavy atom. The SMILES string of the molecule is Cn1c(Cc2nccs2)nc2cnc3ccc(C#N)cc3c21. The first-order valence-electron chi connectivity index (χ1n) is 6.79. The molecule has 106 valence electrons. The second kappa shape index (κ2) is 4.90. The molecule has 0 spiro atoms. The van der Waals surface area contributed by atoms with Crippen LogP contribution in [-0.2, 0) is 13.5 Å². The van der Waals surface area contributed by atoms with Gasteiger partial charge in [0.15, 0.2) is 0 Å². The predicted molar refractivity (Wildman–Crippen MR) is 85.7 cm³/mol. The summed E-state index contributed by atoms with van der Waals surface area (Å²) in [4.78, 5) is 13.4. The van der Waals surface area contributed by atoms with Gasteiger partial charge in [-0.05, 0) is 18.2 Å². The molecule has 3 aromatic heterocycles. The molecular formula is C16H11N5S. The van der Waals surface area contributed by atoms with Crippen LogP contribution in [0.1, 0.15) is 16.4 Å². The first kappa shape index (κ1) is 12.9. The number of pyridine rings is 1. The van der Waals surface area contributed by atoms with Gasteiger partial charge >= 0.3 is 0 Å². The predicted octanol–water partition coefficient (Wildman–Crippen LogP) is 3.04. The van der Waals surface area contributed by atoms with Crippen LogP contribution in [0, 0.1) is 11.3 Å². The Morgan fingerprint density at radius 2 is 2.18 bits per heavy atom. The molecule has 0 unspecified atom stereocenters. The summed E-state index contributed by atoms with van der Waals surface area (Å²) in [5.41, 5.74) is 3.35. The Hall–Kier alpha value is -2.78. The fourth-order valence-corrected chi connectivity index (χ4v) is 3.26. The molecule has 0 radical (unpaired) electrons. The minimum Gasteiger partial charge on any atom is -0.330 e. The van der Waals surface area contributed by atoms with Crippen molar-refractivity contribution in [3.05, 3.63) is 52.4 Å². The molecule has 3 heterocycles. The van der Waals surface area contributed by atoms with E-state index < -0.39 is 0 Å². The number of fused-ring (bicyclic) bond motifs is 3. The zero-order valence-corrected chi connectivity index (χ0v) is 12.6. The lowest BCUT2D eigenvalue weighted by atomic mass is 10.1. The van der Waals surface area contributed by atoms with Crippen molar-refractivity contribution in [2.75, 3.05) is 0 Å². The Kier molecular flexibility index (Phi) is 2.88. The fraction of sp³-hybridized carbons (Fsp3) is 0.125. The van der Waals surface area contributed by atoms with Crippen molar-refractivity contribution in [1.29, 1.82) is 5.26 Å². The molecule has 5 nitrogen and oxygen atoms in total. The van der Waals surface area contributed by atoms with E-state index in [0.29, 0.717) is 12.0 Å². The molecule has 0 saturated heterocycles. The maximum atomic E-state index is 9.12. The van der Waals surface area contributed by atoms with E-state index in [1.807, 2.05) is 24.6 Å².